The van der Waals surface area contributed by atoms with Gasteiger partial charge in [-0.15, -0.1) is 0 Å². The second-order valence-corrected chi connectivity index (χ2v) is 6.27. The van der Waals surface area contributed by atoms with E-state index in [0.29, 0.717) is 10.7 Å². The van der Waals surface area contributed by atoms with E-state index in [1.807, 2.05) is 60.7 Å². The van der Waals surface area contributed by atoms with E-state index in [2.05, 4.69) is 0 Å². The first kappa shape index (κ1) is 15.6. The summed E-state index contributed by atoms with van der Waals surface area (Å²) in [5.74, 6) is -1.11. The smallest absolute Gasteiger partial charge is 0.293 e. The number of fused-ring (bicyclic) bond motifs is 1. The number of rotatable bonds is 3. The van der Waals surface area contributed by atoms with Crippen LogP contribution in [0.1, 0.15) is 27.5 Å². The van der Waals surface area contributed by atoms with Gasteiger partial charge >= 0.3 is 0 Å². The van der Waals surface area contributed by atoms with Crippen molar-refractivity contribution in [3.8, 4) is 0 Å². The number of halogens is 1. The van der Waals surface area contributed by atoms with Crippen LogP contribution in [0.2, 0.25) is 5.02 Å². The number of amides is 1. The van der Waals surface area contributed by atoms with Crippen molar-refractivity contribution in [2.45, 2.75) is 6.04 Å². The minimum atomic E-state index is -0.558. The first-order valence-corrected chi connectivity index (χ1v) is 8.32. The van der Waals surface area contributed by atoms with E-state index in [1.54, 1.807) is 23.1 Å². The maximum atomic E-state index is 12.8. The monoisotopic (exact) mass is 347 g/mol. The van der Waals surface area contributed by atoms with Crippen LogP contribution in [0, 0.1) is 0 Å². The molecule has 0 saturated carbocycles. The molecule has 4 rings (SSSR count). The number of carbonyl (C=O) groups is 2. The lowest BCUT2D eigenvalue weighted by Crippen LogP contribution is -2.34. The van der Waals surface area contributed by atoms with E-state index >= 15 is 0 Å². The molecule has 0 radical (unpaired) electrons. The van der Waals surface area contributed by atoms with Gasteiger partial charge in [0.05, 0.1) is 22.3 Å². The lowest BCUT2D eigenvalue weighted by molar-refractivity contribution is -0.114. The lowest BCUT2D eigenvalue weighted by atomic mass is 9.97. The maximum Gasteiger partial charge on any atom is 0.300 e. The molecule has 0 aromatic heterocycles. The van der Waals surface area contributed by atoms with Crippen LogP contribution in [0.5, 0.6) is 0 Å². The SMILES string of the molecule is O=C1C(=O)N(C(c2ccccc2)c2ccccc2)c2cccc(Cl)c21. The second kappa shape index (κ2) is 6.19. The summed E-state index contributed by atoms with van der Waals surface area (Å²) in [5.41, 5.74) is 2.71. The Morgan fingerprint density at radius 2 is 1.28 bits per heavy atom. The fourth-order valence-corrected chi connectivity index (χ4v) is 3.54. The summed E-state index contributed by atoms with van der Waals surface area (Å²) in [6, 6.07) is 24.1. The van der Waals surface area contributed by atoms with Gasteiger partial charge in [0.15, 0.2) is 0 Å². The van der Waals surface area contributed by atoms with Crippen molar-refractivity contribution in [1.82, 2.24) is 0 Å². The summed E-state index contributed by atoms with van der Waals surface area (Å²) in [5, 5.41) is 0.304. The zero-order valence-electron chi connectivity index (χ0n) is 13.2. The third-order valence-corrected chi connectivity index (χ3v) is 4.70. The Morgan fingerprint density at radius 3 is 1.84 bits per heavy atom. The van der Waals surface area contributed by atoms with Crippen molar-refractivity contribution in [2.75, 3.05) is 4.90 Å². The Morgan fingerprint density at radius 1 is 0.720 bits per heavy atom. The van der Waals surface area contributed by atoms with Crippen molar-refractivity contribution in [2.24, 2.45) is 0 Å². The largest absolute Gasteiger partial charge is 0.300 e. The van der Waals surface area contributed by atoms with Gasteiger partial charge in [-0.3, -0.25) is 14.5 Å². The average molecular weight is 348 g/mol. The highest BCUT2D eigenvalue weighted by molar-refractivity contribution is 6.55. The Labute approximate surface area is 150 Å². The summed E-state index contributed by atoms with van der Waals surface area (Å²) in [6.45, 7) is 0. The molecule has 3 nitrogen and oxygen atoms in total. The third kappa shape index (κ3) is 2.53. The molecular weight excluding hydrogens is 334 g/mol. The van der Waals surface area contributed by atoms with Crippen LogP contribution < -0.4 is 4.90 Å². The van der Waals surface area contributed by atoms with E-state index < -0.39 is 17.7 Å². The molecule has 0 fully saturated rings. The molecule has 1 aliphatic heterocycles. The number of Topliss-reactive ketones (excluding diaryl/α,β-unsaturated/α-hetero) is 1. The first-order valence-electron chi connectivity index (χ1n) is 7.95. The zero-order chi connectivity index (χ0) is 17.4. The molecule has 4 heteroatoms. The summed E-state index contributed by atoms with van der Waals surface area (Å²) in [7, 11) is 0. The van der Waals surface area contributed by atoms with Gasteiger partial charge in [0.1, 0.15) is 0 Å². The molecule has 3 aromatic carbocycles. The standard InChI is InChI=1S/C21H14ClNO2/c22-16-12-7-13-17-18(16)20(24)21(25)23(17)19(14-8-3-1-4-9-14)15-10-5-2-6-11-15/h1-13,19H. The fraction of sp³-hybridized carbons (Fsp3) is 0.0476. The number of hydrogen-bond acceptors (Lipinski definition) is 2. The Hall–Kier alpha value is -2.91. The van der Waals surface area contributed by atoms with Crippen LogP contribution in [0.4, 0.5) is 5.69 Å². The lowest BCUT2D eigenvalue weighted by Gasteiger charge is -2.29. The number of benzene rings is 3. The van der Waals surface area contributed by atoms with Crippen LogP contribution in [-0.2, 0) is 4.79 Å². The molecule has 0 N–H and O–H groups in total. The molecule has 0 unspecified atom stereocenters. The molecule has 1 amide bonds. The van der Waals surface area contributed by atoms with E-state index in [1.165, 1.54) is 0 Å². The van der Waals surface area contributed by atoms with Gasteiger partial charge < -0.3 is 0 Å². The predicted octanol–water partition coefficient (Wildman–Crippen LogP) is 4.66. The highest BCUT2D eigenvalue weighted by Gasteiger charge is 2.42. The Bertz CT molecular complexity index is 915. The van der Waals surface area contributed by atoms with Crippen molar-refractivity contribution in [3.05, 3.63) is 101 Å². The van der Waals surface area contributed by atoms with Gasteiger partial charge in [0.25, 0.3) is 11.7 Å². The molecule has 0 bridgehead atoms. The van der Waals surface area contributed by atoms with Crippen LogP contribution in [0.25, 0.3) is 0 Å². The molecule has 0 spiro atoms. The molecule has 1 heterocycles. The van der Waals surface area contributed by atoms with Gasteiger partial charge in [-0.2, -0.15) is 0 Å². The van der Waals surface area contributed by atoms with Crippen LogP contribution >= 0.6 is 11.6 Å². The summed E-state index contributed by atoms with van der Waals surface area (Å²) in [6.07, 6.45) is 0. The van der Waals surface area contributed by atoms with Crippen molar-refractivity contribution >= 4 is 29.0 Å². The summed E-state index contributed by atoms with van der Waals surface area (Å²) < 4.78 is 0. The van der Waals surface area contributed by atoms with E-state index in [9.17, 15) is 9.59 Å². The van der Waals surface area contributed by atoms with Gasteiger partial charge in [0, 0.05) is 0 Å². The van der Waals surface area contributed by atoms with Crippen LogP contribution in [-0.4, -0.2) is 11.7 Å². The fourth-order valence-electron chi connectivity index (χ4n) is 3.28. The molecule has 0 atom stereocenters. The average Bonchev–Trinajstić information content (AvgIpc) is 2.90. The van der Waals surface area contributed by atoms with Crippen LogP contribution in [0.3, 0.4) is 0 Å². The summed E-state index contributed by atoms with van der Waals surface area (Å²) in [4.78, 5) is 26.9. The van der Waals surface area contributed by atoms with Crippen molar-refractivity contribution < 1.29 is 9.59 Å². The van der Waals surface area contributed by atoms with E-state index in [4.69, 9.17) is 11.6 Å². The zero-order valence-corrected chi connectivity index (χ0v) is 14.0. The predicted molar refractivity (Wildman–Crippen MR) is 98.0 cm³/mol. The molecule has 122 valence electrons. The van der Waals surface area contributed by atoms with Crippen molar-refractivity contribution in [1.29, 1.82) is 0 Å². The molecule has 1 aliphatic rings. The molecule has 3 aromatic rings. The number of nitrogens with zero attached hydrogens (tertiary/aromatic N) is 1. The minimum absolute atomic E-state index is 0.283. The van der Waals surface area contributed by atoms with Gasteiger partial charge in [-0.1, -0.05) is 78.3 Å². The van der Waals surface area contributed by atoms with E-state index in [0.717, 1.165) is 11.1 Å². The molecule has 0 aliphatic carbocycles. The number of anilines is 1. The number of ketones is 1. The normalized spacial score (nSPS) is 13.4. The number of hydrogen-bond donors (Lipinski definition) is 0. The maximum absolute atomic E-state index is 12.8. The number of carbonyl (C=O) groups excluding carboxylic acids is 2. The quantitative estimate of drug-likeness (QED) is 0.646. The minimum Gasteiger partial charge on any atom is -0.293 e. The van der Waals surface area contributed by atoms with Crippen molar-refractivity contribution in [3.63, 3.8) is 0 Å². The third-order valence-electron chi connectivity index (χ3n) is 4.38. The second-order valence-electron chi connectivity index (χ2n) is 5.86. The van der Waals surface area contributed by atoms with Gasteiger partial charge in [0.2, 0.25) is 0 Å². The Balaban J connectivity index is 1.94. The molecular formula is C21H14ClNO2. The van der Waals surface area contributed by atoms with E-state index in [-0.39, 0.29) is 5.56 Å². The highest BCUT2D eigenvalue weighted by Crippen LogP contribution is 2.41. The first-order chi connectivity index (χ1) is 12.2. The Kier molecular flexibility index (Phi) is 3.86. The highest BCUT2D eigenvalue weighted by atomic mass is 35.5. The molecule has 25 heavy (non-hydrogen) atoms. The van der Waals surface area contributed by atoms with Gasteiger partial charge in [-0.05, 0) is 23.3 Å². The van der Waals surface area contributed by atoms with Crippen LogP contribution in [0.15, 0.2) is 78.9 Å². The molecule has 0 saturated heterocycles. The van der Waals surface area contributed by atoms with Gasteiger partial charge in [-0.25, -0.2) is 0 Å². The topological polar surface area (TPSA) is 37.4 Å². The summed E-state index contributed by atoms with van der Waals surface area (Å²) >= 11 is 6.19.